The fourth-order valence-electron chi connectivity index (χ4n) is 2.13. The lowest BCUT2D eigenvalue weighted by Crippen LogP contribution is -2.24. The molecule has 1 atom stereocenters. The van der Waals surface area contributed by atoms with E-state index in [-0.39, 0.29) is 11.8 Å². The lowest BCUT2D eigenvalue weighted by molar-refractivity contribution is -0.128. The third-order valence-corrected chi connectivity index (χ3v) is 2.98. The predicted molar refractivity (Wildman–Crippen MR) is 66.7 cm³/mol. The molecule has 1 aliphatic heterocycles. The smallest absolute Gasteiger partial charge is 0.224 e. The van der Waals surface area contributed by atoms with Gasteiger partial charge in [-0.05, 0) is 24.6 Å². The van der Waals surface area contributed by atoms with Crippen molar-refractivity contribution in [1.82, 2.24) is 4.90 Å². The summed E-state index contributed by atoms with van der Waals surface area (Å²) in [5.74, 6) is 0.717. The number of amides is 1. The second-order valence-electron chi connectivity index (χ2n) is 4.38. The molecule has 4 heteroatoms. The van der Waals surface area contributed by atoms with Gasteiger partial charge in [-0.3, -0.25) is 4.79 Å². The minimum Gasteiger partial charge on any atom is -0.494 e. The quantitative estimate of drug-likeness (QED) is 0.813. The number of nitriles is 1. The molecule has 18 heavy (non-hydrogen) atoms. The number of nitrogens with zero attached hydrogens (tertiary/aromatic N) is 2. The van der Waals surface area contributed by atoms with Crippen molar-refractivity contribution < 1.29 is 9.53 Å². The van der Waals surface area contributed by atoms with Gasteiger partial charge >= 0.3 is 0 Å². The van der Waals surface area contributed by atoms with Crippen LogP contribution in [0.5, 0.6) is 5.75 Å². The van der Waals surface area contributed by atoms with Crippen LogP contribution in [0.2, 0.25) is 0 Å². The van der Waals surface area contributed by atoms with Crippen LogP contribution in [0, 0.1) is 17.2 Å². The van der Waals surface area contributed by atoms with Crippen molar-refractivity contribution in [1.29, 1.82) is 5.26 Å². The average molecular weight is 244 g/mol. The summed E-state index contributed by atoms with van der Waals surface area (Å²) in [5, 5.41) is 8.83. The highest BCUT2D eigenvalue weighted by atomic mass is 16.5. The maximum absolute atomic E-state index is 11.7. The van der Waals surface area contributed by atoms with Gasteiger partial charge in [-0.15, -0.1) is 0 Å². The lowest BCUT2D eigenvalue weighted by atomic mass is 10.1. The molecule has 0 aromatic heterocycles. The van der Waals surface area contributed by atoms with Crippen LogP contribution < -0.4 is 4.74 Å². The van der Waals surface area contributed by atoms with Crippen LogP contribution in [-0.4, -0.2) is 24.0 Å². The van der Waals surface area contributed by atoms with E-state index in [1.807, 2.05) is 31.2 Å². The molecule has 1 aromatic rings. The Morgan fingerprint density at radius 3 is 3.06 bits per heavy atom. The molecule has 0 N–H and O–H groups in total. The summed E-state index contributed by atoms with van der Waals surface area (Å²) in [6, 6.07) is 9.88. The fourth-order valence-corrected chi connectivity index (χ4v) is 2.13. The first-order valence-corrected chi connectivity index (χ1v) is 6.12. The topological polar surface area (TPSA) is 53.3 Å². The summed E-state index contributed by atoms with van der Waals surface area (Å²) in [7, 11) is 0. The minimum atomic E-state index is -0.160. The van der Waals surface area contributed by atoms with E-state index in [2.05, 4.69) is 6.07 Å². The van der Waals surface area contributed by atoms with Gasteiger partial charge in [0.2, 0.25) is 5.91 Å². The van der Waals surface area contributed by atoms with Gasteiger partial charge in [-0.2, -0.15) is 5.26 Å². The summed E-state index contributed by atoms with van der Waals surface area (Å²) >= 11 is 0. The van der Waals surface area contributed by atoms with Crippen LogP contribution >= 0.6 is 0 Å². The summed E-state index contributed by atoms with van der Waals surface area (Å²) in [5.41, 5.74) is 1.04. The monoisotopic (exact) mass is 244 g/mol. The van der Waals surface area contributed by atoms with Crippen molar-refractivity contribution in [2.45, 2.75) is 19.9 Å². The second kappa shape index (κ2) is 5.54. The normalized spacial score (nSPS) is 18.8. The Hall–Kier alpha value is -2.02. The number of likely N-dealkylation sites (tertiary alicyclic amines) is 1. The standard InChI is InChI=1S/C14H16N2O2/c1-2-18-13-5-3-4-11(6-13)9-16-10-12(8-15)7-14(16)17/h3-6,12H,2,7,9-10H2,1H3. The summed E-state index contributed by atoms with van der Waals surface area (Å²) < 4.78 is 5.42. The molecular weight excluding hydrogens is 228 g/mol. The zero-order valence-electron chi connectivity index (χ0n) is 10.4. The number of rotatable bonds is 4. The molecule has 2 rings (SSSR count). The Balaban J connectivity index is 2.03. The van der Waals surface area contributed by atoms with E-state index < -0.39 is 0 Å². The van der Waals surface area contributed by atoms with E-state index in [1.54, 1.807) is 4.90 Å². The van der Waals surface area contributed by atoms with E-state index in [0.717, 1.165) is 11.3 Å². The van der Waals surface area contributed by atoms with Crippen LogP contribution in [0.25, 0.3) is 0 Å². The Morgan fingerprint density at radius 1 is 1.56 bits per heavy atom. The highest BCUT2D eigenvalue weighted by Crippen LogP contribution is 2.21. The molecule has 94 valence electrons. The molecule has 1 aromatic carbocycles. The molecule has 1 aliphatic rings. The molecule has 4 nitrogen and oxygen atoms in total. The molecule has 0 bridgehead atoms. The van der Waals surface area contributed by atoms with Crippen molar-refractivity contribution in [2.24, 2.45) is 5.92 Å². The summed E-state index contributed by atoms with van der Waals surface area (Å²) in [6.07, 6.45) is 0.349. The van der Waals surface area contributed by atoms with Gasteiger partial charge < -0.3 is 9.64 Å². The minimum absolute atomic E-state index is 0.0587. The Bertz CT molecular complexity index is 479. The van der Waals surface area contributed by atoms with Crippen molar-refractivity contribution in [3.8, 4) is 11.8 Å². The molecule has 0 spiro atoms. The fraction of sp³-hybridized carbons (Fsp3) is 0.429. The van der Waals surface area contributed by atoms with Crippen molar-refractivity contribution in [3.63, 3.8) is 0 Å². The summed E-state index contributed by atoms with van der Waals surface area (Å²) in [6.45, 7) is 3.66. The zero-order chi connectivity index (χ0) is 13.0. The number of hydrogen-bond donors (Lipinski definition) is 0. The number of benzene rings is 1. The van der Waals surface area contributed by atoms with Crippen LogP contribution in [-0.2, 0) is 11.3 Å². The maximum Gasteiger partial charge on any atom is 0.224 e. The second-order valence-corrected chi connectivity index (χ2v) is 4.38. The van der Waals surface area contributed by atoms with Gasteiger partial charge in [0, 0.05) is 19.5 Å². The molecular formula is C14H16N2O2. The SMILES string of the molecule is CCOc1cccc(CN2CC(C#N)CC2=O)c1. The zero-order valence-corrected chi connectivity index (χ0v) is 10.4. The number of ether oxygens (including phenoxy) is 1. The lowest BCUT2D eigenvalue weighted by Gasteiger charge is -2.16. The van der Waals surface area contributed by atoms with Crippen molar-refractivity contribution >= 4 is 5.91 Å². The third kappa shape index (κ3) is 2.80. The third-order valence-electron chi connectivity index (χ3n) is 2.98. The number of hydrogen-bond acceptors (Lipinski definition) is 3. The predicted octanol–water partition coefficient (Wildman–Crippen LogP) is 1.96. The number of carbonyl (C=O) groups excluding carboxylic acids is 1. The van der Waals surface area contributed by atoms with Gasteiger partial charge in [0.05, 0.1) is 18.6 Å². The first-order chi connectivity index (χ1) is 8.72. The number of carbonyl (C=O) groups is 1. The summed E-state index contributed by atoms with van der Waals surface area (Å²) in [4.78, 5) is 13.4. The Kier molecular flexibility index (Phi) is 3.83. The largest absolute Gasteiger partial charge is 0.494 e. The highest BCUT2D eigenvalue weighted by molar-refractivity contribution is 5.79. The molecule has 1 amide bonds. The van der Waals surface area contributed by atoms with E-state index in [9.17, 15) is 4.79 Å². The first kappa shape index (κ1) is 12.4. The van der Waals surface area contributed by atoms with E-state index in [4.69, 9.17) is 10.00 Å². The Morgan fingerprint density at radius 2 is 2.39 bits per heavy atom. The molecule has 1 heterocycles. The van der Waals surface area contributed by atoms with Gasteiger partial charge in [0.1, 0.15) is 5.75 Å². The Labute approximate surface area is 107 Å². The van der Waals surface area contributed by atoms with E-state index in [0.29, 0.717) is 26.1 Å². The van der Waals surface area contributed by atoms with Gasteiger partial charge in [0.15, 0.2) is 0 Å². The van der Waals surface area contributed by atoms with Crippen LogP contribution in [0.4, 0.5) is 0 Å². The van der Waals surface area contributed by atoms with Crippen molar-refractivity contribution in [3.05, 3.63) is 29.8 Å². The van der Waals surface area contributed by atoms with Crippen molar-refractivity contribution in [2.75, 3.05) is 13.2 Å². The van der Waals surface area contributed by atoms with E-state index >= 15 is 0 Å². The van der Waals surface area contributed by atoms with Crippen LogP contribution in [0.1, 0.15) is 18.9 Å². The molecule has 1 fully saturated rings. The van der Waals surface area contributed by atoms with Crippen LogP contribution in [0.15, 0.2) is 24.3 Å². The highest BCUT2D eigenvalue weighted by Gasteiger charge is 2.29. The van der Waals surface area contributed by atoms with Gasteiger partial charge in [-0.25, -0.2) is 0 Å². The molecule has 0 radical (unpaired) electrons. The first-order valence-electron chi connectivity index (χ1n) is 6.12. The van der Waals surface area contributed by atoms with Crippen LogP contribution in [0.3, 0.4) is 0 Å². The average Bonchev–Trinajstić information content (AvgIpc) is 2.71. The molecule has 0 saturated carbocycles. The molecule has 1 unspecified atom stereocenters. The van der Waals surface area contributed by atoms with E-state index in [1.165, 1.54) is 0 Å². The molecule has 1 saturated heterocycles. The maximum atomic E-state index is 11.7. The van der Waals surface area contributed by atoms with Gasteiger partial charge in [0.25, 0.3) is 0 Å². The molecule has 0 aliphatic carbocycles. The van der Waals surface area contributed by atoms with Gasteiger partial charge in [-0.1, -0.05) is 12.1 Å².